The third-order valence-corrected chi connectivity index (χ3v) is 3.90. The highest BCUT2D eigenvalue weighted by molar-refractivity contribution is 5.68. The zero-order valence-corrected chi connectivity index (χ0v) is 14.0. The summed E-state index contributed by atoms with van der Waals surface area (Å²) in [6.07, 6.45) is 1.50. The minimum absolute atomic E-state index is 0.00850. The molecule has 1 aromatic carbocycles. The number of methoxy groups -OCH3 is 1. The van der Waals surface area contributed by atoms with Gasteiger partial charge < -0.3 is 14.3 Å². The van der Waals surface area contributed by atoms with Crippen molar-refractivity contribution in [3.8, 4) is 34.1 Å². The summed E-state index contributed by atoms with van der Waals surface area (Å²) < 4.78 is 11.6. The first-order valence-corrected chi connectivity index (χ1v) is 7.77. The topological polar surface area (TPSA) is 103 Å². The molecule has 0 aliphatic carbocycles. The van der Waals surface area contributed by atoms with Crippen LogP contribution in [0.5, 0.6) is 11.5 Å². The van der Waals surface area contributed by atoms with Crippen molar-refractivity contribution < 1.29 is 14.3 Å². The molecule has 0 saturated heterocycles. The van der Waals surface area contributed by atoms with E-state index in [1.165, 1.54) is 16.8 Å². The van der Waals surface area contributed by atoms with Gasteiger partial charge in [-0.05, 0) is 37.3 Å². The van der Waals surface area contributed by atoms with Crippen molar-refractivity contribution >= 4 is 5.78 Å². The summed E-state index contributed by atoms with van der Waals surface area (Å²) in [4.78, 5) is 20.8. The van der Waals surface area contributed by atoms with Crippen LogP contribution < -0.4 is 10.4 Å². The van der Waals surface area contributed by atoms with Crippen LogP contribution in [0.15, 0.2) is 51.8 Å². The average molecular weight is 350 g/mol. The second kappa shape index (κ2) is 5.99. The number of aromatic nitrogens is 4. The van der Waals surface area contributed by atoms with Crippen LogP contribution >= 0.6 is 0 Å². The number of hydrogen-bond acceptors (Lipinski definition) is 7. The van der Waals surface area contributed by atoms with Gasteiger partial charge >= 0.3 is 5.63 Å². The van der Waals surface area contributed by atoms with Crippen LogP contribution in [0, 0.1) is 6.92 Å². The Balaban J connectivity index is 1.90. The molecule has 0 radical (unpaired) electrons. The maximum Gasteiger partial charge on any atom is 0.349 e. The standard InChI is InChI=1S/C18H14N4O4/c1-10-9-14(23)15(17(24)26-10)13-7-8-19-18-20-16(21-22(13)18)11-3-5-12(25-2)6-4-11/h3-9,23H,1-2H3. The van der Waals surface area contributed by atoms with Crippen LogP contribution in [0.25, 0.3) is 28.4 Å². The summed E-state index contributed by atoms with van der Waals surface area (Å²) in [5.74, 6) is 1.58. The molecule has 3 heterocycles. The second-order valence-corrected chi connectivity index (χ2v) is 5.61. The van der Waals surface area contributed by atoms with Crippen LogP contribution in [-0.4, -0.2) is 31.8 Å². The first kappa shape index (κ1) is 15.8. The lowest BCUT2D eigenvalue weighted by Gasteiger charge is -2.05. The van der Waals surface area contributed by atoms with E-state index in [0.717, 1.165) is 11.3 Å². The molecule has 0 amide bonds. The predicted octanol–water partition coefficient (Wildman–Crippen LogP) is 2.43. The molecule has 0 unspecified atom stereocenters. The zero-order chi connectivity index (χ0) is 18.3. The number of fused-ring (bicyclic) bond motifs is 1. The van der Waals surface area contributed by atoms with Gasteiger partial charge in [0.1, 0.15) is 22.8 Å². The quantitative estimate of drug-likeness (QED) is 0.605. The zero-order valence-electron chi connectivity index (χ0n) is 14.0. The largest absolute Gasteiger partial charge is 0.507 e. The van der Waals surface area contributed by atoms with Gasteiger partial charge in [-0.25, -0.2) is 9.78 Å². The smallest absolute Gasteiger partial charge is 0.349 e. The fraction of sp³-hybridized carbons (Fsp3) is 0.111. The number of benzene rings is 1. The van der Waals surface area contributed by atoms with Crippen molar-refractivity contribution in [2.24, 2.45) is 0 Å². The molecule has 3 aromatic heterocycles. The molecular weight excluding hydrogens is 336 g/mol. The first-order valence-electron chi connectivity index (χ1n) is 7.77. The second-order valence-electron chi connectivity index (χ2n) is 5.61. The number of nitrogens with zero attached hydrogens (tertiary/aromatic N) is 4. The van der Waals surface area contributed by atoms with E-state index in [1.807, 2.05) is 12.1 Å². The van der Waals surface area contributed by atoms with Crippen molar-refractivity contribution in [1.82, 2.24) is 19.6 Å². The van der Waals surface area contributed by atoms with Gasteiger partial charge in [0, 0.05) is 17.8 Å². The maximum atomic E-state index is 12.2. The van der Waals surface area contributed by atoms with E-state index in [1.54, 1.807) is 32.2 Å². The van der Waals surface area contributed by atoms with Gasteiger partial charge in [0.15, 0.2) is 5.82 Å². The number of hydrogen-bond donors (Lipinski definition) is 1. The molecule has 0 saturated carbocycles. The molecule has 0 bridgehead atoms. The molecule has 4 rings (SSSR count). The van der Waals surface area contributed by atoms with Crippen LogP contribution in [0.3, 0.4) is 0 Å². The first-order chi connectivity index (χ1) is 12.6. The van der Waals surface area contributed by atoms with Crippen LogP contribution in [0.2, 0.25) is 0 Å². The molecule has 130 valence electrons. The molecule has 0 spiro atoms. The molecule has 4 aromatic rings. The lowest BCUT2D eigenvalue weighted by molar-refractivity contribution is 0.415. The van der Waals surface area contributed by atoms with Gasteiger partial charge in [-0.3, -0.25) is 0 Å². The highest BCUT2D eigenvalue weighted by atomic mass is 16.5. The van der Waals surface area contributed by atoms with E-state index < -0.39 is 5.63 Å². The minimum atomic E-state index is -0.656. The highest BCUT2D eigenvalue weighted by Gasteiger charge is 2.18. The summed E-state index contributed by atoms with van der Waals surface area (Å²) in [6.45, 7) is 1.59. The van der Waals surface area contributed by atoms with Crippen molar-refractivity contribution in [3.05, 3.63) is 58.8 Å². The van der Waals surface area contributed by atoms with Crippen LogP contribution in [0.1, 0.15) is 5.76 Å². The molecule has 1 N–H and O–H groups in total. The van der Waals surface area contributed by atoms with Crippen molar-refractivity contribution in [1.29, 1.82) is 0 Å². The fourth-order valence-electron chi connectivity index (χ4n) is 2.68. The number of aryl methyl sites for hydroxylation is 1. The molecule has 0 fully saturated rings. The lowest BCUT2D eigenvalue weighted by atomic mass is 10.2. The Bertz CT molecular complexity index is 1160. The summed E-state index contributed by atoms with van der Waals surface area (Å²) in [7, 11) is 1.59. The monoisotopic (exact) mass is 350 g/mol. The highest BCUT2D eigenvalue weighted by Crippen LogP contribution is 2.27. The summed E-state index contributed by atoms with van der Waals surface area (Å²) in [6, 6.07) is 10.2. The molecule has 0 aliphatic heterocycles. The summed E-state index contributed by atoms with van der Waals surface area (Å²) >= 11 is 0. The molecule has 26 heavy (non-hydrogen) atoms. The van der Waals surface area contributed by atoms with Gasteiger partial charge in [-0.15, -0.1) is 5.10 Å². The Labute approximate surface area is 147 Å². The molecular formula is C18H14N4O4. The third-order valence-electron chi connectivity index (χ3n) is 3.90. The lowest BCUT2D eigenvalue weighted by Crippen LogP contribution is -2.08. The molecule has 0 atom stereocenters. The molecule has 8 heteroatoms. The summed E-state index contributed by atoms with van der Waals surface area (Å²) in [5, 5.41) is 14.6. The van der Waals surface area contributed by atoms with Gasteiger partial charge in [0.2, 0.25) is 0 Å². The van der Waals surface area contributed by atoms with E-state index in [9.17, 15) is 9.90 Å². The van der Waals surface area contributed by atoms with Crippen molar-refractivity contribution in [2.75, 3.05) is 7.11 Å². The normalized spacial score (nSPS) is 11.0. The van der Waals surface area contributed by atoms with Crippen molar-refractivity contribution in [3.63, 3.8) is 0 Å². The minimum Gasteiger partial charge on any atom is -0.507 e. The average Bonchev–Trinajstić information content (AvgIpc) is 3.06. The van der Waals surface area contributed by atoms with E-state index in [2.05, 4.69) is 15.1 Å². The van der Waals surface area contributed by atoms with Gasteiger partial charge in [-0.2, -0.15) is 9.50 Å². The predicted molar refractivity (Wildman–Crippen MR) is 93.1 cm³/mol. The number of ether oxygens (including phenoxy) is 1. The number of rotatable bonds is 3. The Morgan fingerprint density at radius 1 is 1.19 bits per heavy atom. The van der Waals surface area contributed by atoms with E-state index >= 15 is 0 Å². The van der Waals surface area contributed by atoms with E-state index in [-0.39, 0.29) is 11.3 Å². The van der Waals surface area contributed by atoms with Crippen LogP contribution in [-0.2, 0) is 0 Å². The Morgan fingerprint density at radius 3 is 2.65 bits per heavy atom. The fourth-order valence-corrected chi connectivity index (χ4v) is 2.68. The van der Waals surface area contributed by atoms with E-state index in [4.69, 9.17) is 9.15 Å². The SMILES string of the molecule is COc1ccc(-c2nc3nccc(-c4c(O)cc(C)oc4=O)n3n2)cc1. The molecule has 8 nitrogen and oxygen atoms in total. The third kappa shape index (κ3) is 2.57. The van der Waals surface area contributed by atoms with Gasteiger partial charge in [0.25, 0.3) is 5.78 Å². The Kier molecular flexibility index (Phi) is 3.65. The number of aromatic hydroxyl groups is 1. The maximum absolute atomic E-state index is 12.2. The van der Waals surface area contributed by atoms with Gasteiger partial charge in [-0.1, -0.05) is 0 Å². The molecule has 0 aliphatic rings. The Hall–Kier alpha value is -3.68. The van der Waals surface area contributed by atoms with Gasteiger partial charge in [0.05, 0.1) is 12.8 Å². The Morgan fingerprint density at radius 2 is 1.96 bits per heavy atom. The van der Waals surface area contributed by atoms with E-state index in [0.29, 0.717) is 23.1 Å². The van der Waals surface area contributed by atoms with Crippen LogP contribution in [0.4, 0.5) is 0 Å². The summed E-state index contributed by atoms with van der Waals surface area (Å²) in [5.41, 5.74) is 0.460. The van der Waals surface area contributed by atoms with Crippen molar-refractivity contribution in [2.45, 2.75) is 6.92 Å².